The molecule has 1 unspecified atom stereocenters. The van der Waals surface area contributed by atoms with Gasteiger partial charge in [-0.2, -0.15) is 0 Å². The number of hydrogen-bond donors (Lipinski definition) is 2. The number of benzene rings is 1. The number of amides is 1. The summed E-state index contributed by atoms with van der Waals surface area (Å²) >= 11 is 0. The molecule has 0 aliphatic carbocycles. The molecule has 1 aliphatic rings. The van der Waals surface area contributed by atoms with Crippen LogP contribution >= 0.6 is 0 Å². The second-order valence-electron chi connectivity index (χ2n) is 6.79. The van der Waals surface area contributed by atoms with Crippen LogP contribution in [0.25, 0.3) is 0 Å². The molecule has 6 nitrogen and oxygen atoms in total. The first-order chi connectivity index (χ1) is 12.6. The Labute approximate surface area is 155 Å². The SMILES string of the molecule is CNCc1cc(NC)nc(C2CCCN2C(=O)Cc2cccc(C)c2)n1. The van der Waals surface area contributed by atoms with Crippen LogP contribution in [-0.2, 0) is 17.8 Å². The van der Waals surface area contributed by atoms with E-state index in [1.165, 1.54) is 5.56 Å². The van der Waals surface area contributed by atoms with Crippen molar-refractivity contribution >= 4 is 11.7 Å². The Morgan fingerprint density at radius 1 is 1.27 bits per heavy atom. The summed E-state index contributed by atoms with van der Waals surface area (Å²) in [7, 11) is 3.75. The predicted octanol–water partition coefficient (Wildman–Crippen LogP) is 2.45. The molecule has 0 radical (unpaired) electrons. The van der Waals surface area contributed by atoms with Gasteiger partial charge in [-0.05, 0) is 32.4 Å². The van der Waals surface area contributed by atoms with Crippen LogP contribution in [0.4, 0.5) is 5.82 Å². The van der Waals surface area contributed by atoms with Crippen LogP contribution in [0, 0.1) is 6.92 Å². The highest BCUT2D eigenvalue weighted by Crippen LogP contribution is 2.31. The van der Waals surface area contributed by atoms with E-state index in [1.807, 2.05) is 50.2 Å². The van der Waals surface area contributed by atoms with Crippen molar-refractivity contribution in [3.05, 3.63) is 53.0 Å². The second-order valence-corrected chi connectivity index (χ2v) is 6.79. The van der Waals surface area contributed by atoms with Crippen molar-refractivity contribution in [1.29, 1.82) is 0 Å². The normalized spacial score (nSPS) is 16.7. The Hall–Kier alpha value is -2.47. The van der Waals surface area contributed by atoms with E-state index >= 15 is 0 Å². The van der Waals surface area contributed by atoms with Crippen molar-refractivity contribution in [1.82, 2.24) is 20.2 Å². The largest absolute Gasteiger partial charge is 0.373 e. The Bertz CT molecular complexity index is 777. The molecule has 3 rings (SSSR count). The van der Waals surface area contributed by atoms with Crippen LogP contribution in [0.15, 0.2) is 30.3 Å². The molecule has 1 amide bonds. The average molecular weight is 353 g/mol. The van der Waals surface area contributed by atoms with Gasteiger partial charge in [0.25, 0.3) is 0 Å². The number of nitrogens with zero attached hydrogens (tertiary/aromatic N) is 3. The third-order valence-electron chi connectivity index (χ3n) is 4.72. The Kier molecular flexibility index (Phi) is 5.83. The molecule has 2 heterocycles. The van der Waals surface area contributed by atoms with Gasteiger partial charge in [0.05, 0.1) is 18.2 Å². The molecule has 1 aliphatic heterocycles. The highest BCUT2D eigenvalue weighted by molar-refractivity contribution is 5.79. The maximum atomic E-state index is 12.9. The van der Waals surface area contributed by atoms with Crippen LogP contribution in [0.2, 0.25) is 0 Å². The monoisotopic (exact) mass is 353 g/mol. The van der Waals surface area contributed by atoms with Crippen LogP contribution in [0.1, 0.15) is 41.5 Å². The van der Waals surface area contributed by atoms with Crippen LogP contribution in [0.3, 0.4) is 0 Å². The summed E-state index contributed by atoms with van der Waals surface area (Å²) in [6.07, 6.45) is 2.32. The predicted molar refractivity (Wildman–Crippen MR) is 103 cm³/mol. The van der Waals surface area contributed by atoms with Gasteiger partial charge in [-0.3, -0.25) is 4.79 Å². The number of carbonyl (C=O) groups excluding carboxylic acids is 1. The summed E-state index contributed by atoms with van der Waals surface area (Å²) in [4.78, 5) is 24.2. The van der Waals surface area contributed by atoms with Gasteiger partial charge in [-0.1, -0.05) is 29.8 Å². The molecule has 1 saturated heterocycles. The lowest BCUT2D eigenvalue weighted by Gasteiger charge is -2.24. The lowest BCUT2D eigenvalue weighted by Crippen LogP contribution is -2.33. The molecule has 1 aromatic carbocycles. The number of rotatable bonds is 6. The Balaban J connectivity index is 1.81. The molecule has 2 N–H and O–H groups in total. The molecule has 26 heavy (non-hydrogen) atoms. The Morgan fingerprint density at radius 3 is 2.85 bits per heavy atom. The van der Waals surface area contributed by atoms with E-state index in [9.17, 15) is 4.79 Å². The minimum atomic E-state index is -0.0452. The number of likely N-dealkylation sites (tertiary alicyclic amines) is 1. The summed E-state index contributed by atoms with van der Waals surface area (Å²) in [6, 6.07) is 10.0. The van der Waals surface area contributed by atoms with Crippen molar-refractivity contribution in [3.63, 3.8) is 0 Å². The minimum Gasteiger partial charge on any atom is -0.373 e. The molecular weight excluding hydrogens is 326 g/mol. The maximum absolute atomic E-state index is 12.9. The van der Waals surface area contributed by atoms with Crippen molar-refractivity contribution in [2.24, 2.45) is 0 Å². The second kappa shape index (κ2) is 8.27. The number of aromatic nitrogens is 2. The van der Waals surface area contributed by atoms with Gasteiger partial charge in [0, 0.05) is 26.2 Å². The Morgan fingerprint density at radius 2 is 2.12 bits per heavy atom. The fourth-order valence-corrected chi connectivity index (χ4v) is 3.50. The molecular formula is C20H27N5O. The van der Waals surface area contributed by atoms with Gasteiger partial charge in [-0.15, -0.1) is 0 Å². The quantitative estimate of drug-likeness (QED) is 0.835. The van der Waals surface area contributed by atoms with Gasteiger partial charge in [0.2, 0.25) is 5.91 Å². The number of hydrogen-bond acceptors (Lipinski definition) is 5. The fraction of sp³-hybridized carbons (Fsp3) is 0.450. The molecule has 1 atom stereocenters. The molecule has 0 saturated carbocycles. The highest BCUT2D eigenvalue weighted by atomic mass is 16.2. The number of nitrogens with one attached hydrogen (secondary N) is 2. The molecule has 6 heteroatoms. The van der Waals surface area contributed by atoms with Gasteiger partial charge >= 0.3 is 0 Å². The van der Waals surface area contributed by atoms with Gasteiger partial charge in [0.1, 0.15) is 5.82 Å². The number of carbonyl (C=O) groups is 1. The number of anilines is 1. The zero-order valence-corrected chi connectivity index (χ0v) is 15.7. The van der Waals surface area contributed by atoms with Gasteiger partial charge < -0.3 is 15.5 Å². The molecule has 138 valence electrons. The van der Waals surface area contributed by atoms with E-state index in [1.54, 1.807) is 0 Å². The van der Waals surface area contributed by atoms with E-state index in [0.717, 1.165) is 42.3 Å². The zero-order valence-electron chi connectivity index (χ0n) is 15.7. The topological polar surface area (TPSA) is 70.2 Å². The zero-order chi connectivity index (χ0) is 18.5. The standard InChI is InChI=1S/C20H27N5O/c1-14-6-4-7-15(10-14)11-19(26)25-9-5-8-17(25)20-23-16(13-21-2)12-18(22-3)24-20/h4,6-7,10,12,17,21H,5,8-9,11,13H2,1-3H3,(H,22,23,24). The van der Waals surface area contributed by atoms with Crippen molar-refractivity contribution in [2.75, 3.05) is 26.0 Å². The first-order valence-corrected chi connectivity index (χ1v) is 9.16. The summed E-state index contributed by atoms with van der Waals surface area (Å²) in [5.41, 5.74) is 3.16. The first-order valence-electron chi connectivity index (χ1n) is 9.16. The van der Waals surface area contributed by atoms with Crippen LogP contribution in [0.5, 0.6) is 0 Å². The molecule has 0 bridgehead atoms. The lowest BCUT2D eigenvalue weighted by molar-refractivity contribution is -0.131. The third-order valence-corrected chi connectivity index (χ3v) is 4.72. The molecule has 2 aromatic rings. The summed E-state index contributed by atoms with van der Waals surface area (Å²) in [6.45, 7) is 3.49. The van der Waals surface area contributed by atoms with Crippen molar-refractivity contribution < 1.29 is 4.79 Å². The maximum Gasteiger partial charge on any atom is 0.227 e. The number of aryl methyl sites for hydroxylation is 1. The first kappa shape index (κ1) is 18.3. The van der Waals surface area contributed by atoms with Gasteiger partial charge in [-0.25, -0.2) is 9.97 Å². The van der Waals surface area contributed by atoms with Crippen molar-refractivity contribution in [2.45, 2.75) is 38.8 Å². The van der Waals surface area contributed by atoms with Crippen LogP contribution in [-0.4, -0.2) is 41.4 Å². The summed E-state index contributed by atoms with van der Waals surface area (Å²) < 4.78 is 0. The van der Waals surface area contributed by atoms with E-state index in [0.29, 0.717) is 13.0 Å². The van der Waals surface area contributed by atoms with E-state index in [-0.39, 0.29) is 11.9 Å². The lowest BCUT2D eigenvalue weighted by atomic mass is 10.1. The molecule has 1 fully saturated rings. The molecule has 0 spiro atoms. The third kappa shape index (κ3) is 4.19. The fourth-order valence-electron chi connectivity index (χ4n) is 3.50. The van der Waals surface area contributed by atoms with E-state index in [4.69, 9.17) is 4.98 Å². The van der Waals surface area contributed by atoms with E-state index < -0.39 is 0 Å². The smallest absolute Gasteiger partial charge is 0.227 e. The minimum absolute atomic E-state index is 0.0452. The average Bonchev–Trinajstić information content (AvgIpc) is 3.11. The van der Waals surface area contributed by atoms with Crippen LogP contribution < -0.4 is 10.6 Å². The summed E-state index contributed by atoms with van der Waals surface area (Å²) in [5, 5.41) is 6.22. The van der Waals surface area contributed by atoms with Crippen molar-refractivity contribution in [3.8, 4) is 0 Å². The summed E-state index contributed by atoms with van der Waals surface area (Å²) in [5.74, 6) is 1.67. The van der Waals surface area contributed by atoms with E-state index in [2.05, 4.69) is 21.7 Å². The molecule has 1 aromatic heterocycles. The highest BCUT2D eigenvalue weighted by Gasteiger charge is 2.32. The van der Waals surface area contributed by atoms with Gasteiger partial charge in [0.15, 0.2) is 5.82 Å².